The summed E-state index contributed by atoms with van der Waals surface area (Å²) in [4.78, 5) is 10.3. The number of benzene rings is 7. The van der Waals surface area contributed by atoms with Crippen LogP contribution in [0.3, 0.4) is 0 Å². The Kier molecular flexibility index (Phi) is 6.69. The molecule has 5 heteroatoms. The molecule has 0 N–H and O–H groups in total. The zero-order chi connectivity index (χ0) is 34.9. The van der Waals surface area contributed by atoms with Crippen LogP contribution in [0.4, 0.5) is 0 Å². The fourth-order valence-corrected chi connectivity index (χ4v) is 8.95. The summed E-state index contributed by atoms with van der Waals surface area (Å²) in [5, 5.41) is 6.23. The van der Waals surface area contributed by atoms with Gasteiger partial charge in [0.15, 0.2) is 5.82 Å². The van der Waals surface area contributed by atoms with E-state index >= 15 is 0 Å². The molecule has 0 atom stereocenters. The second kappa shape index (κ2) is 11.9. The topological polar surface area (TPSA) is 35.6 Å². The van der Waals surface area contributed by atoms with Crippen molar-refractivity contribution in [2.75, 3.05) is 0 Å². The Hall–Kier alpha value is -6.82. The van der Waals surface area contributed by atoms with E-state index in [-0.39, 0.29) is 0 Å². The van der Waals surface area contributed by atoms with Gasteiger partial charge in [0.05, 0.1) is 27.9 Å². The number of hydrogen-bond donors (Lipinski definition) is 0. The average Bonchev–Trinajstić information content (AvgIpc) is 3.91. The number of para-hydroxylation sites is 1. The average molecular weight is 695 g/mol. The highest BCUT2D eigenvalue weighted by molar-refractivity contribution is 7.25. The number of aromatic nitrogens is 4. The highest BCUT2D eigenvalue weighted by Crippen LogP contribution is 2.42. The Labute approximate surface area is 309 Å². The van der Waals surface area contributed by atoms with Gasteiger partial charge in [-0.2, -0.15) is 0 Å². The normalized spacial score (nSPS) is 11.8. The van der Waals surface area contributed by atoms with Gasteiger partial charge in [-0.1, -0.05) is 109 Å². The van der Waals surface area contributed by atoms with Crippen LogP contribution in [0.1, 0.15) is 0 Å². The van der Waals surface area contributed by atoms with Crippen molar-refractivity contribution in [3.8, 4) is 45.3 Å². The van der Waals surface area contributed by atoms with E-state index in [9.17, 15) is 0 Å². The van der Waals surface area contributed by atoms with Crippen molar-refractivity contribution in [1.29, 1.82) is 0 Å². The molecule has 11 rings (SSSR count). The summed E-state index contributed by atoms with van der Waals surface area (Å²) < 4.78 is 7.32. The summed E-state index contributed by atoms with van der Waals surface area (Å²) in [5.41, 5.74) is 10.6. The summed E-state index contributed by atoms with van der Waals surface area (Å²) >= 11 is 1.86. The molecule has 0 bridgehead atoms. The third-order valence-corrected chi connectivity index (χ3v) is 11.5. The maximum absolute atomic E-state index is 5.17. The lowest BCUT2D eigenvalue weighted by Crippen LogP contribution is -1.98. The second-order valence-corrected chi connectivity index (χ2v) is 14.6. The van der Waals surface area contributed by atoms with Gasteiger partial charge in [0.2, 0.25) is 0 Å². The first-order valence-electron chi connectivity index (χ1n) is 17.8. The van der Waals surface area contributed by atoms with Crippen LogP contribution >= 0.6 is 11.3 Å². The molecule has 248 valence electrons. The summed E-state index contributed by atoms with van der Waals surface area (Å²) in [7, 11) is 0. The van der Waals surface area contributed by atoms with Crippen molar-refractivity contribution in [3.63, 3.8) is 0 Å². The standard InChI is InChI=1S/C48H30N4S/c1-4-13-31(14-5-1)41-30-42(32-15-6-2-7-16-32)50-48(49-41)34-17-12-20-36(25-34)52-44-26-33-23-24-51(35-18-8-3-9-19-35)43(33)27-38(44)39-29-47-40(28-45(39)52)37-21-10-11-22-46(37)53-47/h1-30H. The second-order valence-electron chi connectivity index (χ2n) is 13.5. The van der Waals surface area contributed by atoms with Gasteiger partial charge in [0.25, 0.3) is 0 Å². The fourth-order valence-electron chi connectivity index (χ4n) is 7.83. The number of thiophene rings is 1. The summed E-state index contributed by atoms with van der Waals surface area (Å²) in [5.74, 6) is 0.696. The molecule has 0 amide bonds. The van der Waals surface area contributed by atoms with Crippen LogP contribution in [0, 0.1) is 0 Å². The highest BCUT2D eigenvalue weighted by atomic mass is 32.1. The lowest BCUT2D eigenvalue weighted by Gasteiger charge is -2.12. The van der Waals surface area contributed by atoms with E-state index in [0.29, 0.717) is 5.82 Å². The first kappa shape index (κ1) is 29.9. The molecule has 4 heterocycles. The van der Waals surface area contributed by atoms with Gasteiger partial charge < -0.3 is 9.13 Å². The molecule has 7 aromatic carbocycles. The van der Waals surface area contributed by atoms with Crippen LogP contribution in [-0.4, -0.2) is 19.1 Å². The predicted octanol–water partition coefficient (Wildman–Crippen LogP) is 12.9. The zero-order valence-electron chi connectivity index (χ0n) is 28.5. The van der Waals surface area contributed by atoms with Gasteiger partial charge in [-0.05, 0) is 66.7 Å². The van der Waals surface area contributed by atoms with Gasteiger partial charge in [-0.3, -0.25) is 0 Å². The molecule has 0 spiro atoms. The molecule has 0 aliphatic heterocycles. The molecule has 0 fully saturated rings. The van der Waals surface area contributed by atoms with Crippen molar-refractivity contribution in [3.05, 3.63) is 182 Å². The molecule has 0 unspecified atom stereocenters. The summed E-state index contributed by atoms with van der Waals surface area (Å²) in [6.07, 6.45) is 2.18. The van der Waals surface area contributed by atoms with Gasteiger partial charge in [0, 0.05) is 70.6 Å². The molecular weight excluding hydrogens is 665 g/mol. The molecule has 0 saturated heterocycles. The minimum absolute atomic E-state index is 0.696. The van der Waals surface area contributed by atoms with E-state index in [1.165, 1.54) is 52.9 Å². The summed E-state index contributed by atoms with van der Waals surface area (Å²) in [6.45, 7) is 0. The number of rotatable bonds is 5. The third kappa shape index (κ3) is 4.90. The Bertz CT molecular complexity index is 3100. The van der Waals surface area contributed by atoms with Crippen molar-refractivity contribution in [2.45, 2.75) is 0 Å². The minimum Gasteiger partial charge on any atom is -0.317 e. The van der Waals surface area contributed by atoms with Crippen molar-refractivity contribution >= 4 is 64.2 Å². The largest absolute Gasteiger partial charge is 0.317 e. The molecule has 0 radical (unpaired) electrons. The maximum Gasteiger partial charge on any atom is 0.160 e. The van der Waals surface area contributed by atoms with Crippen molar-refractivity contribution in [2.24, 2.45) is 0 Å². The van der Waals surface area contributed by atoms with Gasteiger partial charge in [0.1, 0.15) is 0 Å². The number of nitrogens with zero attached hydrogens (tertiary/aromatic N) is 4. The molecule has 11 aromatic rings. The fraction of sp³-hybridized carbons (Fsp3) is 0. The lowest BCUT2D eigenvalue weighted by atomic mass is 10.1. The van der Waals surface area contributed by atoms with Crippen molar-refractivity contribution < 1.29 is 0 Å². The van der Waals surface area contributed by atoms with Crippen LogP contribution in [-0.2, 0) is 0 Å². The van der Waals surface area contributed by atoms with Crippen LogP contribution in [0.15, 0.2) is 182 Å². The smallest absolute Gasteiger partial charge is 0.160 e. The van der Waals surface area contributed by atoms with E-state index in [1.807, 2.05) is 23.5 Å². The molecule has 4 nitrogen and oxygen atoms in total. The van der Waals surface area contributed by atoms with Crippen LogP contribution in [0.5, 0.6) is 0 Å². The number of fused-ring (bicyclic) bond motifs is 7. The number of hydrogen-bond acceptors (Lipinski definition) is 3. The molecule has 0 aliphatic carbocycles. The van der Waals surface area contributed by atoms with E-state index in [1.54, 1.807) is 0 Å². The van der Waals surface area contributed by atoms with E-state index in [4.69, 9.17) is 9.97 Å². The van der Waals surface area contributed by atoms with E-state index in [0.717, 1.165) is 39.5 Å². The molecule has 0 aliphatic rings. The first-order chi connectivity index (χ1) is 26.2. The van der Waals surface area contributed by atoms with Gasteiger partial charge >= 0.3 is 0 Å². The lowest BCUT2D eigenvalue weighted by molar-refractivity contribution is 1.13. The highest BCUT2D eigenvalue weighted by Gasteiger charge is 2.19. The first-order valence-corrected chi connectivity index (χ1v) is 18.6. The quantitative estimate of drug-likeness (QED) is 0.180. The van der Waals surface area contributed by atoms with Crippen LogP contribution in [0.2, 0.25) is 0 Å². The molecule has 0 saturated carbocycles. The summed E-state index contributed by atoms with van der Waals surface area (Å²) in [6, 6.07) is 62.6. The van der Waals surface area contributed by atoms with Crippen LogP contribution in [0.25, 0.3) is 98.2 Å². The minimum atomic E-state index is 0.696. The molecule has 53 heavy (non-hydrogen) atoms. The molecule has 4 aromatic heterocycles. The maximum atomic E-state index is 5.17. The van der Waals surface area contributed by atoms with E-state index < -0.39 is 0 Å². The molecular formula is C48H30N4S. The monoisotopic (exact) mass is 694 g/mol. The van der Waals surface area contributed by atoms with Crippen molar-refractivity contribution in [1.82, 2.24) is 19.1 Å². The Balaban J connectivity index is 1.17. The zero-order valence-corrected chi connectivity index (χ0v) is 29.3. The van der Waals surface area contributed by atoms with Gasteiger partial charge in [-0.25, -0.2) is 9.97 Å². The Morgan fingerprint density at radius 1 is 0.396 bits per heavy atom. The Morgan fingerprint density at radius 2 is 1.00 bits per heavy atom. The van der Waals surface area contributed by atoms with Crippen LogP contribution < -0.4 is 0 Å². The van der Waals surface area contributed by atoms with E-state index in [2.05, 4.69) is 179 Å². The van der Waals surface area contributed by atoms with Gasteiger partial charge in [-0.15, -0.1) is 11.3 Å². The SMILES string of the molecule is c1ccc(-c2cc(-c3ccccc3)nc(-c3cccc(-n4c5cc6ccn(-c7ccccc7)c6cc5c5cc6sc7ccccc7c6cc54)c3)n2)cc1. The third-order valence-electron chi connectivity index (χ3n) is 10.3. The predicted molar refractivity (Wildman–Crippen MR) is 222 cm³/mol. The Morgan fingerprint density at radius 3 is 1.75 bits per heavy atom.